The lowest BCUT2D eigenvalue weighted by atomic mass is 9.95. The van der Waals surface area contributed by atoms with Gasteiger partial charge in [0.1, 0.15) is 6.04 Å². The molecule has 0 N–H and O–H groups in total. The molecule has 1 atom stereocenters. The predicted octanol–water partition coefficient (Wildman–Crippen LogP) is 3.60. The Balaban J connectivity index is 2.01. The molecular formula is C21H35N3O5S. The van der Waals surface area contributed by atoms with Gasteiger partial charge >= 0.3 is 0 Å². The molecule has 0 spiro atoms. The van der Waals surface area contributed by atoms with Crippen molar-refractivity contribution in [3.05, 3.63) is 5.89 Å². The van der Waals surface area contributed by atoms with E-state index in [1.807, 2.05) is 0 Å². The predicted molar refractivity (Wildman–Crippen MR) is 115 cm³/mol. The summed E-state index contributed by atoms with van der Waals surface area (Å²) in [5, 5.41) is 8.28. The topological polar surface area (TPSA) is 94.8 Å². The molecule has 1 aliphatic carbocycles. The molecule has 170 valence electrons. The number of ether oxygens (including phenoxy) is 2. The van der Waals surface area contributed by atoms with Crippen molar-refractivity contribution in [3.8, 4) is 0 Å². The molecular weight excluding hydrogens is 406 g/mol. The van der Waals surface area contributed by atoms with Gasteiger partial charge in [0, 0.05) is 18.9 Å². The molecule has 2 rings (SSSR count). The highest BCUT2D eigenvalue weighted by Gasteiger charge is 2.34. The molecule has 1 aliphatic rings. The maximum absolute atomic E-state index is 13.2. The fourth-order valence-corrected chi connectivity index (χ4v) is 4.34. The van der Waals surface area contributed by atoms with E-state index in [0.29, 0.717) is 37.2 Å². The van der Waals surface area contributed by atoms with E-state index < -0.39 is 6.04 Å². The highest BCUT2D eigenvalue weighted by molar-refractivity contribution is 7.99. The minimum atomic E-state index is -0.568. The highest BCUT2D eigenvalue weighted by Crippen LogP contribution is 2.26. The van der Waals surface area contributed by atoms with Gasteiger partial charge in [0.15, 0.2) is 0 Å². The Morgan fingerprint density at radius 1 is 1.20 bits per heavy atom. The van der Waals surface area contributed by atoms with E-state index in [9.17, 15) is 9.59 Å². The molecule has 0 bridgehead atoms. The van der Waals surface area contributed by atoms with Crippen LogP contribution in [0.15, 0.2) is 9.64 Å². The van der Waals surface area contributed by atoms with Gasteiger partial charge in [-0.2, -0.15) is 0 Å². The van der Waals surface area contributed by atoms with Crippen molar-refractivity contribution in [2.75, 3.05) is 32.7 Å². The molecule has 9 heteroatoms. The van der Waals surface area contributed by atoms with Crippen LogP contribution >= 0.6 is 11.8 Å². The SMILES string of the molecule is COCCOCCSc1nnc(C(=O)[C@H](CC(C)C)N(C=O)C2CCCCCC2)o1. The van der Waals surface area contributed by atoms with Gasteiger partial charge in [-0.25, -0.2) is 0 Å². The third-order valence-electron chi connectivity index (χ3n) is 5.23. The van der Waals surface area contributed by atoms with Gasteiger partial charge in [0.05, 0.1) is 19.8 Å². The lowest BCUT2D eigenvalue weighted by Crippen LogP contribution is -2.47. The van der Waals surface area contributed by atoms with Gasteiger partial charge in [-0.05, 0) is 25.2 Å². The fraction of sp³-hybridized carbons (Fsp3) is 0.810. The number of nitrogens with zero attached hydrogens (tertiary/aromatic N) is 3. The van der Waals surface area contributed by atoms with Crippen LogP contribution in [-0.4, -0.2) is 72.1 Å². The fourth-order valence-electron chi connectivity index (χ4n) is 3.72. The maximum Gasteiger partial charge on any atom is 0.286 e. The number of Topliss-reactive ketones (excluding diaryl/α,β-unsaturated/α-hetero) is 1. The Morgan fingerprint density at radius 2 is 1.93 bits per heavy atom. The van der Waals surface area contributed by atoms with Crippen molar-refractivity contribution in [1.82, 2.24) is 15.1 Å². The van der Waals surface area contributed by atoms with Crippen molar-refractivity contribution in [2.45, 2.75) is 76.1 Å². The molecule has 1 aromatic heterocycles. The van der Waals surface area contributed by atoms with Gasteiger partial charge < -0.3 is 18.8 Å². The minimum Gasteiger partial charge on any atom is -0.408 e. The average molecular weight is 442 g/mol. The Hall–Kier alpha value is -1.45. The second kappa shape index (κ2) is 13.8. The molecule has 0 radical (unpaired) electrons. The lowest BCUT2D eigenvalue weighted by molar-refractivity contribution is -0.122. The molecule has 1 amide bonds. The first kappa shape index (κ1) is 24.8. The molecule has 30 heavy (non-hydrogen) atoms. The summed E-state index contributed by atoms with van der Waals surface area (Å²) < 4.78 is 15.9. The van der Waals surface area contributed by atoms with Crippen LogP contribution in [0.5, 0.6) is 0 Å². The van der Waals surface area contributed by atoms with Crippen LogP contribution < -0.4 is 0 Å². The van der Waals surface area contributed by atoms with Crippen LogP contribution in [0.1, 0.15) is 69.5 Å². The molecule has 0 unspecified atom stereocenters. The van der Waals surface area contributed by atoms with Crippen molar-refractivity contribution in [2.24, 2.45) is 5.92 Å². The van der Waals surface area contributed by atoms with E-state index in [4.69, 9.17) is 13.9 Å². The number of aromatic nitrogens is 2. The zero-order valence-corrected chi connectivity index (χ0v) is 19.2. The van der Waals surface area contributed by atoms with Gasteiger partial charge in [-0.1, -0.05) is 51.3 Å². The number of thioether (sulfide) groups is 1. The summed E-state index contributed by atoms with van der Waals surface area (Å²) in [4.78, 5) is 27.0. The van der Waals surface area contributed by atoms with Crippen LogP contribution in [0.3, 0.4) is 0 Å². The minimum absolute atomic E-state index is 0.0241. The van der Waals surface area contributed by atoms with Crippen LogP contribution in [-0.2, 0) is 14.3 Å². The summed E-state index contributed by atoms with van der Waals surface area (Å²) >= 11 is 1.35. The summed E-state index contributed by atoms with van der Waals surface area (Å²) in [5.74, 6) is 0.602. The number of hydrogen-bond donors (Lipinski definition) is 0. The maximum atomic E-state index is 13.2. The smallest absolute Gasteiger partial charge is 0.286 e. The van der Waals surface area contributed by atoms with Crippen molar-refractivity contribution in [1.29, 1.82) is 0 Å². The average Bonchev–Trinajstić information content (AvgIpc) is 3.04. The molecule has 8 nitrogen and oxygen atoms in total. The zero-order valence-electron chi connectivity index (χ0n) is 18.4. The normalized spacial score (nSPS) is 16.4. The van der Waals surface area contributed by atoms with Gasteiger partial charge in [-0.3, -0.25) is 9.59 Å². The van der Waals surface area contributed by atoms with Gasteiger partial charge in [-0.15, -0.1) is 10.2 Å². The molecule has 1 heterocycles. The Morgan fingerprint density at radius 3 is 2.57 bits per heavy atom. The third kappa shape index (κ3) is 8.00. The number of carbonyl (C=O) groups is 2. The van der Waals surface area contributed by atoms with Crippen LogP contribution in [0.2, 0.25) is 0 Å². The van der Waals surface area contributed by atoms with E-state index in [2.05, 4.69) is 24.0 Å². The zero-order chi connectivity index (χ0) is 21.8. The van der Waals surface area contributed by atoms with Gasteiger partial charge in [0.25, 0.3) is 11.1 Å². The van der Waals surface area contributed by atoms with Crippen LogP contribution in [0, 0.1) is 5.92 Å². The van der Waals surface area contributed by atoms with E-state index >= 15 is 0 Å². The lowest BCUT2D eigenvalue weighted by Gasteiger charge is -2.34. The van der Waals surface area contributed by atoms with Crippen molar-refractivity contribution < 1.29 is 23.5 Å². The number of ketones is 1. The van der Waals surface area contributed by atoms with Gasteiger partial charge in [0.2, 0.25) is 12.2 Å². The van der Waals surface area contributed by atoms with E-state index in [-0.39, 0.29) is 23.6 Å². The first-order valence-electron chi connectivity index (χ1n) is 10.9. The molecule has 0 saturated heterocycles. The second-order valence-electron chi connectivity index (χ2n) is 8.03. The summed E-state index contributed by atoms with van der Waals surface area (Å²) in [7, 11) is 1.63. The quantitative estimate of drug-likeness (QED) is 0.142. The molecule has 1 aromatic rings. The summed E-state index contributed by atoms with van der Waals surface area (Å²) in [5.41, 5.74) is 0. The molecule has 0 aromatic carbocycles. The monoisotopic (exact) mass is 441 g/mol. The van der Waals surface area contributed by atoms with E-state index in [0.717, 1.165) is 32.1 Å². The summed E-state index contributed by atoms with van der Waals surface area (Å²) in [6, 6.07) is -0.472. The first-order chi connectivity index (χ1) is 14.6. The highest BCUT2D eigenvalue weighted by atomic mass is 32.2. The molecule has 1 saturated carbocycles. The number of hydrogen-bond acceptors (Lipinski definition) is 8. The Kier molecular flexibility index (Phi) is 11.4. The Labute approximate surface area is 183 Å². The number of methoxy groups -OCH3 is 1. The van der Waals surface area contributed by atoms with Crippen molar-refractivity contribution in [3.63, 3.8) is 0 Å². The second-order valence-corrected chi connectivity index (χ2v) is 9.08. The standard InChI is InChI=1S/C21H35N3O5S/c1-16(2)14-18(24(15-25)17-8-6-4-5-7-9-17)19(26)20-22-23-21(29-20)30-13-12-28-11-10-27-3/h15-18H,4-14H2,1-3H3/t18-/m0/s1. The number of rotatable bonds is 14. The molecule has 0 aliphatic heterocycles. The largest absolute Gasteiger partial charge is 0.408 e. The summed E-state index contributed by atoms with van der Waals surface area (Å²) in [6.07, 6.45) is 7.84. The summed E-state index contributed by atoms with van der Waals surface area (Å²) in [6.45, 7) is 5.71. The van der Waals surface area contributed by atoms with Crippen LogP contribution in [0.25, 0.3) is 0 Å². The van der Waals surface area contributed by atoms with E-state index in [1.165, 1.54) is 24.6 Å². The van der Waals surface area contributed by atoms with Crippen LogP contribution in [0.4, 0.5) is 0 Å². The third-order valence-corrected chi connectivity index (χ3v) is 6.01. The van der Waals surface area contributed by atoms with E-state index in [1.54, 1.807) is 12.0 Å². The molecule has 1 fully saturated rings. The van der Waals surface area contributed by atoms with Crippen molar-refractivity contribution >= 4 is 24.0 Å². The number of carbonyl (C=O) groups excluding carboxylic acids is 2. The number of amides is 1. The Bertz CT molecular complexity index is 632. The first-order valence-corrected chi connectivity index (χ1v) is 11.8.